The molecule has 0 aliphatic carbocycles. The maximum atomic E-state index is 13.5. The van der Waals surface area contributed by atoms with Gasteiger partial charge in [-0.3, -0.25) is 9.59 Å². The van der Waals surface area contributed by atoms with Gasteiger partial charge in [0.25, 0.3) is 5.91 Å². The lowest BCUT2D eigenvalue weighted by Gasteiger charge is -2.44. The number of benzene rings is 1. The van der Waals surface area contributed by atoms with E-state index in [0.717, 1.165) is 12.0 Å². The number of esters is 1. The van der Waals surface area contributed by atoms with Crippen molar-refractivity contribution in [1.29, 1.82) is 0 Å². The number of ether oxygens (including phenoxy) is 4. The van der Waals surface area contributed by atoms with E-state index in [2.05, 4.69) is 30.7 Å². The topological polar surface area (TPSA) is 114 Å². The number of hydrogen-bond donors (Lipinski definition) is 0. The largest absolute Gasteiger partial charge is 0.457 e. The molecule has 7 atom stereocenters. The summed E-state index contributed by atoms with van der Waals surface area (Å²) in [5.41, 5.74) is 0.640. The minimum Gasteiger partial charge on any atom is -0.457 e. The SMILES string of the molecule is C=CC1OC(/C=C/c2ccccc2)C(C)(C)C(=O)N1OCn1cc(COC2OC(CC)C(C)C(C)C2OC(C)=O)nn1. The van der Waals surface area contributed by atoms with Gasteiger partial charge >= 0.3 is 5.97 Å². The lowest BCUT2D eigenvalue weighted by Crippen LogP contribution is -2.58. The Bertz CT molecular complexity index is 1250. The summed E-state index contributed by atoms with van der Waals surface area (Å²) in [5, 5.41) is 9.44. The van der Waals surface area contributed by atoms with E-state index in [4.69, 9.17) is 23.8 Å². The second-order valence-corrected chi connectivity index (χ2v) is 11.4. The number of carbonyl (C=O) groups excluding carboxylic acids is 2. The fourth-order valence-corrected chi connectivity index (χ4v) is 5.20. The lowest BCUT2D eigenvalue weighted by atomic mass is 9.82. The van der Waals surface area contributed by atoms with Crippen molar-refractivity contribution in [3.63, 3.8) is 0 Å². The lowest BCUT2D eigenvalue weighted by molar-refractivity contribution is -0.287. The first-order chi connectivity index (χ1) is 20.0. The van der Waals surface area contributed by atoms with Crippen molar-refractivity contribution in [3.8, 4) is 0 Å². The molecule has 0 N–H and O–H groups in total. The molecular formula is C31H42N4O7. The zero-order valence-corrected chi connectivity index (χ0v) is 25.2. The molecule has 0 spiro atoms. The molecule has 1 aromatic carbocycles. The molecule has 2 fully saturated rings. The maximum absolute atomic E-state index is 13.5. The number of amides is 1. The molecular weight excluding hydrogens is 540 g/mol. The smallest absolute Gasteiger partial charge is 0.303 e. The number of hydrogen-bond acceptors (Lipinski definition) is 9. The van der Waals surface area contributed by atoms with Crippen LogP contribution in [0.15, 0.2) is 55.3 Å². The van der Waals surface area contributed by atoms with Crippen LogP contribution in [0.25, 0.3) is 6.08 Å². The fraction of sp³-hybridized carbons (Fsp3) is 0.548. The normalized spacial score (nSPS) is 29.5. The van der Waals surface area contributed by atoms with Crippen molar-refractivity contribution >= 4 is 18.0 Å². The molecule has 228 valence electrons. The highest BCUT2D eigenvalue weighted by atomic mass is 16.7. The highest BCUT2D eigenvalue weighted by molar-refractivity contribution is 5.83. The number of hydroxylamine groups is 2. The molecule has 1 amide bonds. The minimum absolute atomic E-state index is 0.0133. The Morgan fingerprint density at radius 2 is 1.90 bits per heavy atom. The van der Waals surface area contributed by atoms with Crippen molar-refractivity contribution in [2.24, 2.45) is 17.3 Å². The zero-order valence-electron chi connectivity index (χ0n) is 25.2. The molecule has 0 saturated carbocycles. The Morgan fingerprint density at radius 3 is 2.57 bits per heavy atom. The van der Waals surface area contributed by atoms with E-state index in [0.29, 0.717) is 5.69 Å². The quantitative estimate of drug-likeness (QED) is 0.279. The van der Waals surface area contributed by atoms with Crippen LogP contribution in [-0.4, -0.2) is 62.8 Å². The molecule has 2 aliphatic heterocycles. The molecule has 7 unspecified atom stereocenters. The number of aromatic nitrogens is 3. The predicted molar refractivity (Wildman–Crippen MR) is 154 cm³/mol. The molecule has 0 bridgehead atoms. The highest BCUT2D eigenvalue weighted by Crippen LogP contribution is 2.36. The van der Waals surface area contributed by atoms with Crippen molar-refractivity contribution in [2.45, 2.75) is 92.1 Å². The first-order valence-electron chi connectivity index (χ1n) is 14.4. The summed E-state index contributed by atoms with van der Waals surface area (Å²) >= 11 is 0. The molecule has 2 aliphatic rings. The van der Waals surface area contributed by atoms with Crippen molar-refractivity contribution in [2.75, 3.05) is 0 Å². The maximum Gasteiger partial charge on any atom is 0.303 e. The van der Waals surface area contributed by atoms with Gasteiger partial charge in [-0.1, -0.05) is 75.0 Å². The van der Waals surface area contributed by atoms with E-state index < -0.39 is 30.1 Å². The second-order valence-electron chi connectivity index (χ2n) is 11.4. The monoisotopic (exact) mass is 582 g/mol. The summed E-state index contributed by atoms with van der Waals surface area (Å²) in [6, 6.07) is 9.82. The molecule has 0 radical (unpaired) electrons. The van der Waals surface area contributed by atoms with Gasteiger partial charge in [-0.25, -0.2) is 9.52 Å². The zero-order chi connectivity index (χ0) is 30.4. The summed E-state index contributed by atoms with van der Waals surface area (Å²) < 4.78 is 25.4. The van der Waals surface area contributed by atoms with Gasteiger partial charge in [0.2, 0.25) is 0 Å². The van der Waals surface area contributed by atoms with Crippen LogP contribution in [0.5, 0.6) is 0 Å². The summed E-state index contributed by atoms with van der Waals surface area (Å²) in [6.07, 6.45) is 5.26. The van der Waals surface area contributed by atoms with E-state index in [1.165, 1.54) is 22.7 Å². The molecule has 1 aromatic heterocycles. The molecule has 2 aromatic rings. The van der Waals surface area contributed by atoms with Gasteiger partial charge in [-0.05, 0) is 37.8 Å². The molecule has 4 rings (SSSR count). The van der Waals surface area contributed by atoms with E-state index >= 15 is 0 Å². The summed E-state index contributed by atoms with van der Waals surface area (Å²) in [4.78, 5) is 31.1. The van der Waals surface area contributed by atoms with Crippen LogP contribution in [0.3, 0.4) is 0 Å². The standard InChI is InChI=1S/C31H42N4O7/c1-8-25-20(3)21(4)28(40-22(5)36)29(41-25)38-18-24-17-34(33-32-24)19-39-35-27(9-2)42-26(31(6,7)30(35)37)16-15-23-13-11-10-12-14-23/h9-17,20-21,25-29H,2,8,18-19H2,1,3-7H3/b16-15+. The molecule has 11 heteroatoms. The Morgan fingerprint density at radius 1 is 1.17 bits per heavy atom. The Kier molecular flexibility index (Phi) is 10.3. The van der Waals surface area contributed by atoms with Gasteiger partial charge in [0.15, 0.2) is 25.4 Å². The van der Waals surface area contributed by atoms with Crippen LogP contribution in [0.2, 0.25) is 0 Å². The molecule has 11 nitrogen and oxygen atoms in total. The van der Waals surface area contributed by atoms with Crippen molar-refractivity contribution in [3.05, 3.63) is 66.5 Å². The Labute approximate surface area is 247 Å². The van der Waals surface area contributed by atoms with Crippen LogP contribution >= 0.6 is 0 Å². The van der Waals surface area contributed by atoms with Gasteiger partial charge in [0, 0.05) is 12.8 Å². The van der Waals surface area contributed by atoms with Gasteiger partial charge in [0.1, 0.15) is 5.69 Å². The third kappa shape index (κ3) is 7.15. The Balaban J connectivity index is 1.36. The van der Waals surface area contributed by atoms with E-state index in [1.807, 2.05) is 63.3 Å². The first kappa shape index (κ1) is 31.6. The number of nitrogens with zero attached hydrogens (tertiary/aromatic N) is 4. The van der Waals surface area contributed by atoms with Crippen LogP contribution in [0, 0.1) is 17.3 Å². The Hall–Kier alpha value is -3.38. The van der Waals surface area contributed by atoms with Crippen LogP contribution in [0.4, 0.5) is 0 Å². The van der Waals surface area contributed by atoms with Gasteiger partial charge < -0.3 is 18.9 Å². The van der Waals surface area contributed by atoms with Crippen molar-refractivity contribution < 1.29 is 33.4 Å². The van der Waals surface area contributed by atoms with E-state index in [-0.39, 0.29) is 43.2 Å². The average Bonchev–Trinajstić information content (AvgIpc) is 3.43. The van der Waals surface area contributed by atoms with E-state index in [1.54, 1.807) is 6.20 Å². The fourth-order valence-electron chi connectivity index (χ4n) is 5.20. The van der Waals surface area contributed by atoms with E-state index in [9.17, 15) is 9.59 Å². The van der Waals surface area contributed by atoms with Crippen molar-refractivity contribution in [1.82, 2.24) is 20.1 Å². The van der Waals surface area contributed by atoms with Gasteiger partial charge in [-0.2, -0.15) is 5.06 Å². The number of carbonyl (C=O) groups is 2. The van der Waals surface area contributed by atoms with Crippen LogP contribution in [0.1, 0.15) is 59.2 Å². The average molecular weight is 583 g/mol. The molecule has 42 heavy (non-hydrogen) atoms. The minimum atomic E-state index is -0.893. The van der Waals surface area contributed by atoms with Gasteiger partial charge in [0.05, 0.1) is 30.4 Å². The summed E-state index contributed by atoms with van der Waals surface area (Å²) in [7, 11) is 0. The summed E-state index contributed by atoms with van der Waals surface area (Å²) in [5.74, 6) is -0.366. The van der Waals surface area contributed by atoms with Crippen LogP contribution < -0.4 is 0 Å². The first-order valence-corrected chi connectivity index (χ1v) is 14.4. The third-order valence-corrected chi connectivity index (χ3v) is 7.97. The molecule has 2 saturated heterocycles. The number of rotatable bonds is 11. The summed E-state index contributed by atoms with van der Waals surface area (Å²) in [6.45, 7) is 15.0. The molecule has 3 heterocycles. The second kappa shape index (κ2) is 13.7. The predicted octanol–water partition coefficient (Wildman–Crippen LogP) is 4.50. The highest BCUT2D eigenvalue weighted by Gasteiger charge is 2.48. The third-order valence-electron chi connectivity index (χ3n) is 7.97. The van der Waals surface area contributed by atoms with Gasteiger partial charge in [-0.15, -0.1) is 5.10 Å². The van der Waals surface area contributed by atoms with Crippen LogP contribution in [-0.2, 0) is 46.7 Å².